The molecule has 1 atom stereocenters. The fraction of sp³-hybridized carbons (Fsp3) is 0.238. The van der Waals surface area contributed by atoms with Crippen LogP contribution in [-0.2, 0) is 0 Å². The SMILES string of the molecule is O=C(c1cccc2ccccc12)N1CCCC(Oc2ccncc2)C1. The lowest BCUT2D eigenvalue weighted by atomic mass is 10.0. The standard InChI is InChI=1S/C21H20N2O2/c24-21(20-9-3-6-16-5-1-2-8-19(16)20)23-14-4-7-18(15-23)25-17-10-12-22-13-11-17/h1-3,5-6,8-13,18H,4,7,14-15H2. The Hall–Kier alpha value is -2.88. The van der Waals surface area contributed by atoms with Gasteiger partial charge in [0.2, 0.25) is 0 Å². The van der Waals surface area contributed by atoms with Gasteiger partial charge in [0.25, 0.3) is 5.91 Å². The number of likely N-dealkylation sites (tertiary alicyclic amines) is 1. The lowest BCUT2D eigenvalue weighted by molar-refractivity contribution is 0.0539. The smallest absolute Gasteiger partial charge is 0.254 e. The van der Waals surface area contributed by atoms with Gasteiger partial charge in [-0.1, -0.05) is 36.4 Å². The van der Waals surface area contributed by atoms with Gasteiger partial charge in [0, 0.05) is 24.5 Å². The van der Waals surface area contributed by atoms with Crippen molar-refractivity contribution in [1.82, 2.24) is 9.88 Å². The number of pyridine rings is 1. The molecule has 1 saturated heterocycles. The van der Waals surface area contributed by atoms with E-state index < -0.39 is 0 Å². The first-order valence-electron chi connectivity index (χ1n) is 8.65. The Labute approximate surface area is 147 Å². The normalized spacial score (nSPS) is 17.4. The van der Waals surface area contributed by atoms with Gasteiger partial charge < -0.3 is 9.64 Å². The second kappa shape index (κ2) is 6.93. The maximum atomic E-state index is 13.1. The van der Waals surface area contributed by atoms with Gasteiger partial charge in [0.05, 0.1) is 6.54 Å². The average molecular weight is 332 g/mol. The predicted molar refractivity (Wildman–Crippen MR) is 97.7 cm³/mol. The van der Waals surface area contributed by atoms with E-state index in [0.717, 1.165) is 41.5 Å². The maximum absolute atomic E-state index is 13.1. The molecule has 0 aliphatic carbocycles. The molecule has 0 N–H and O–H groups in total. The molecule has 1 aliphatic rings. The first kappa shape index (κ1) is 15.6. The summed E-state index contributed by atoms with van der Waals surface area (Å²) in [5, 5.41) is 2.10. The predicted octanol–water partition coefficient (Wildman–Crippen LogP) is 3.92. The minimum absolute atomic E-state index is 0.0232. The van der Waals surface area contributed by atoms with Gasteiger partial charge in [0.15, 0.2) is 0 Å². The summed E-state index contributed by atoms with van der Waals surface area (Å²) >= 11 is 0. The molecule has 1 amide bonds. The summed E-state index contributed by atoms with van der Waals surface area (Å²) in [6.07, 6.45) is 5.37. The first-order valence-corrected chi connectivity index (χ1v) is 8.65. The number of piperidine rings is 1. The van der Waals surface area contributed by atoms with Crippen LogP contribution in [0.15, 0.2) is 67.0 Å². The second-order valence-corrected chi connectivity index (χ2v) is 6.34. The van der Waals surface area contributed by atoms with Crippen molar-refractivity contribution in [2.75, 3.05) is 13.1 Å². The number of hydrogen-bond donors (Lipinski definition) is 0. The zero-order valence-electron chi connectivity index (χ0n) is 14.0. The van der Waals surface area contributed by atoms with Crippen LogP contribution < -0.4 is 4.74 Å². The van der Waals surface area contributed by atoms with Crippen LogP contribution in [0.4, 0.5) is 0 Å². The maximum Gasteiger partial charge on any atom is 0.254 e. The lowest BCUT2D eigenvalue weighted by Crippen LogP contribution is -2.44. The molecule has 1 aliphatic heterocycles. The van der Waals surface area contributed by atoms with Gasteiger partial charge >= 0.3 is 0 Å². The highest BCUT2D eigenvalue weighted by atomic mass is 16.5. The zero-order valence-corrected chi connectivity index (χ0v) is 14.0. The molecule has 4 heteroatoms. The number of ether oxygens (including phenoxy) is 1. The number of rotatable bonds is 3. The molecular weight excluding hydrogens is 312 g/mol. The summed E-state index contributed by atoms with van der Waals surface area (Å²) in [6, 6.07) is 17.6. The minimum atomic E-state index is 0.0232. The molecule has 2 aromatic carbocycles. The van der Waals surface area contributed by atoms with Crippen molar-refractivity contribution in [3.05, 3.63) is 72.6 Å². The molecule has 0 bridgehead atoms. The first-order chi connectivity index (χ1) is 12.3. The number of amides is 1. The fourth-order valence-electron chi connectivity index (χ4n) is 3.41. The lowest BCUT2D eigenvalue weighted by Gasteiger charge is -2.33. The Bertz CT molecular complexity index is 874. The van der Waals surface area contributed by atoms with E-state index in [2.05, 4.69) is 4.98 Å². The Balaban J connectivity index is 1.53. The number of nitrogens with zero attached hydrogens (tertiary/aromatic N) is 2. The van der Waals surface area contributed by atoms with Gasteiger partial charge in [-0.2, -0.15) is 0 Å². The van der Waals surface area contributed by atoms with E-state index in [-0.39, 0.29) is 12.0 Å². The van der Waals surface area contributed by atoms with E-state index in [1.165, 1.54) is 0 Å². The third-order valence-electron chi connectivity index (χ3n) is 4.64. The monoisotopic (exact) mass is 332 g/mol. The molecule has 4 rings (SSSR count). The molecule has 3 aromatic rings. The molecule has 1 aromatic heterocycles. The highest BCUT2D eigenvalue weighted by Gasteiger charge is 2.26. The second-order valence-electron chi connectivity index (χ2n) is 6.34. The molecule has 4 nitrogen and oxygen atoms in total. The van der Waals surface area contributed by atoms with Crippen LogP contribution in [0.3, 0.4) is 0 Å². The van der Waals surface area contributed by atoms with E-state index in [1.807, 2.05) is 59.5 Å². The highest BCUT2D eigenvalue weighted by molar-refractivity contribution is 6.07. The van der Waals surface area contributed by atoms with Gasteiger partial charge in [-0.3, -0.25) is 9.78 Å². The highest BCUT2D eigenvalue weighted by Crippen LogP contribution is 2.23. The fourth-order valence-corrected chi connectivity index (χ4v) is 3.41. The summed E-state index contributed by atoms with van der Waals surface area (Å²) in [6.45, 7) is 1.39. The largest absolute Gasteiger partial charge is 0.488 e. The molecule has 126 valence electrons. The Kier molecular flexibility index (Phi) is 4.34. The van der Waals surface area contributed by atoms with E-state index >= 15 is 0 Å². The van der Waals surface area contributed by atoms with Crippen molar-refractivity contribution < 1.29 is 9.53 Å². The van der Waals surface area contributed by atoms with Gasteiger partial charge in [0.1, 0.15) is 11.9 Å². The third kappa shape index (κ3) is 3.33. The number of carbonyl (C=O) groups is 1. The van der Waals surface area contributed by atoms with Crippen LogP contribution in [0.25, 0.3) is 10.8 Å². The van der Waals surface area contributed by atoms with E-state index in [9.17, 15) is 4.79 Å². The summed E-state index contributed by atoms with van der Waals surface area (Å²) < 4.78 is 6.03. The number of carbonyl (C=O) groups excluding carboxylic acids is 1. The van der Waals surface area contributed by atoms with Crippen molar-refractivity contribution in [3.8, 4) is 5.75 Å². The molecule has 1 unspecified atom stereocenters. The van der Waals surface area contributed by atoms with Crippen LogP contribution in [0, 0.1) is 0 Å². The van der Waals surface area contributed by atoms with Crippen molar-refractivity contribution in [3.63, 3.8) is 0 Å². The Morgan fingerprint density at radius 2 is 1.84 bits per heavy atom. The number of benzene rings is 2. The van der Waals surface area contributed by atoms with E-state index in [0.29, 0.717) is 6.54 Å². The van der Waals surface area contributed by atoms with Crippen LogP contribution in [-0.4, -0.2) is 35.0 Å². The van der Waals surface area contributed by atoms with Gasteiger partial charge in [-0.05, 0) is 41.8 Å². The van der Waals surface area contributed by atoms with Crippen molar-refractivity contribution in [1.29, 1.82) is 0 Å². The van der Waals surface area contributed by atoms with Gasteiger partial charge in [-0.25, -0.2) is 0 Å². The van der Waals surface area contributed by atoms with Crippen molar-refractivity contribution >= 4 is 16.7 Å². The molecular formula is C21H20N2O2. The molecule has 25 heavy (non-hydrogen) atoms. The van der Waals surface area contributed by atoms with Crippen molar-refractivity contribution in [2.24, 2.45) is 0 Å². The van der Waals surface area contributed by atoms with E-state index in [4.69, 9.17) is 4.74 Å². The third-order valence-corrected chi connectivity index (χ3v) is 4.64. The van der Waals surface area contributed by atoms with Crippen molar-refractivity contribution in [2.45, 2.75) is 18.9 Å². The molecule has 0 saturated carbocycles. The van der Waals surface area contributed by atoms with Crippen LogP contribution in [0.2, 0.25) is 0 Å². The molecule has 1 fully saturated rings. The summed E-state index contributed by atoms with van der Waals surface area (Å²) in [4.78, 5) is 19.0. The summed E-state index contributed by atoms with van der Waals surface area (Å²) in [7, 11) is 0. The summed E-state index contributed by atoms with van der Waals surface area (Å²) in [5.74, 6) is 0.888. The van der Waals surface area contributed by atoms with Crippen LogP contribution in [0.1, 0.15) is 23.2 Å². The number of aromatic nitrogens is 1. The zero-order chi connectivity index (χ0) is 17.1. The topological polar surface area (TPSA) is 42.4 Å². The molecule has 2 heterocycles. The molecule has 0 radical (unpaired) electrons. The molecule has 0 spiro atoms. The van der Waals surface area contributed by atoms with Crippen LogP contribution >= 0.6 is 0 Å². The minimum Gasteiger partial charge on any atom is -0.488 e. The Morgan fingerprint density at radius 3 is 2.72 bits per heavy atom. The quantitative estimate of drug-likeness (QED) is 0.730. The number of hydrogen-bond acceptors (Lipinski definition) is 3. The average Bonchev–Trinajstić information content (AvgIpc) is 2.68. The Morgan fingerprint density at radius 1 is 1.04 bits per heavy atom. The summed E-state index contributed by atoms with van der Waals surface area (Å²) in [5.41, 5.74) is 0.766. The van der Waals surface area contributed by atoms with Gasteiger partial charge in [-0.15, -0.1) is 0 Å². The van der Waals surface area contributed by atoms with E-state index in [1.54, 1.807) is 12.4 Å². The van der Waals surface area contributed by atoms with Crippen LogP contribution in [0.5, 0.6) is 5.75 Å². The number of fused-ring (bicyclic) bond motifs is 1.